The van der Waals surface area contributed by atoms with Gasteiger partial charge in [-0.25, -0.2) is 19.2 Å². The lowest BCUT2D eigenvalue weighted by molar-refractivity contribution is 0.0290. The molecule has 1 aliphatic heterocycles. The molecule has 32 heavy (non-hydrogen) atoms. The van der Waals surface area contributed by atoms with Gasteiger partial charge in [0.15, 0.2) is 0 Å². The standard InChI is InChI=1S/C22H25FN6O3/c1-13-17-6-5-15(23)9-18(17)29(27-13)20-24-10-14(11-25-20)19(30)26-16-7-8-28(12-16)21(31)32-22(2,3)4/h5-6,9-11,16H,7-8,12H2,1-4H3,(H,26,30)/t16-/m1/s1. The quantitative estimate of drug-likeness (QED) is 0.672. The molecular weight excluding hydrogens is 415 g/mol. The lowest BCUT2D eigenvalue weighted by Crippen LogP contribution is -2.40. The van der Waals surface area contributed by atoms with Gasteiger partial charge in [-0.1, -0.05) is 0 Å². The van der Waals surface area contributed by atoms with E-state index in [1.807, 2.05) is 27.7 Å². The average molecular weight is 440 g/mol. The minimum absolute atomic E-state index is 0.185. The highest BCUT2D eigenvalue weighted by atomic mass is 19.1. The van der Waals surface area contributed by atoms with Crippen molar-refractivity contribution in [3.05, 3.63) is 47.7 Å². The largest absolute Gasteiger partial charge is 0.444 e. The van der Waals surface area contributed by atoms with Crippen LogP contribution in [0.15, 0.2) is 30.6 Å². The number of benzene rings is 1. The van der Waals surface area contributed by atoms with Gasteiger partial charge in [0.2, 0.25) is 0 Å². The maximum Gasteiger partial charge on any atom is 0.410 e. The fraction of sp³-hybridized carbons (Fsp3) is 0.409. The van der Waals surface area contributed by atoms with Gasteiger partial charge in [0.05, 0.1) is 16.8 Å². The van der Waals surface area contributed by atoms with Gasteiger partial charge in [0.25, 0.3) is 11.9 Å². The molecule has 0 spiro atoms. The van der Waals surface area contributed by atoms with Crippen molar-refractivity contribution in [3.8, 4) is 5.95 Å². The van der Waals surface area contributed by atoms with Crippen molar-refractivity contribution in [2.75, 3.05) is 13.1 Å². The number of hydrogen-bond acceptors (Lipinski definition) is 6. The molecule has 4 rings (SSSR count). The van der Waals surface area contributed by atoms with Crippen LogP contribution in [-0.2, 0) is 4.74 Å². The summed E-state index contributed by atoms with van der Waals surface area (Å²) < 4.78 is 20.5. The monoisotopic (exact) mass is 440 g/mol. The number of rotatable bonds is 3. The summed E-state index contributed by atoms with van der Waals surface area (Å²) in [7, 11) is 0. The molecule has 0 aliphatic carbocycles. The molecule has 0 bridgehead atoms. The van der Waals surface area contributed by atoms with Gasteiger partial charge in [-0.15, -0.1) is 0 Å². The lowest BCUT2D eigenvalue weighted by Gasteiger charge is -2.24. The maximum absolute atomic E-state index is 13.7. The topological polar surface area (TPSA) is 102 Å². The Morgan fingerprint density at radius 1 is 1.22 bits per heavy atom. The first-order valence-electron chi connectivity index (χ1n) is 10.4. The zero-order valence-electron chi connectivity index (χ0n) is 18.4. The molecule has 1 atom stereocenters. The molecule has 10 heteroatoms. The fourth-order valence-electron chi connectivity index (χ4n) is 3.58. The average Bonchev–Trinajstić information content (AvgIpc) is 3.31. The summed E-state index contributed by atoms with van der Waals surface area (Å²) in [4.78, 5) is 34.9. The lowest BCUT2D eigenvalue weighted by atomic mass is 10.2. The Hall–Kier alpha value is -3.56. The van der Waals surface area contributed by atoms with Crippen LogP contribution in [0, 0.1) is 12.7 Å². The number of carbonyl (C=O) groups is 2. The predicted octanol–water partition coefficient (Wildman–Crippen LogP) is 3.00. The number of aryl methyl sites for hydroxylation is 1. The highest BCUT2D eigenvalue weighted by Gasteiger charge is 2.30. The maximum atomic E-state index is 13.7. The molecule has 3 aromatic rings. The zero-order chi connectivity index (χ0) is 23.0. The van der Waals surface area contributed by atoms with Crippen molar-refractivity contribution >= 4 is 22.9 Å². The Morgan fingerprint density at radius 2 is 1.94 bits per heavy atom. The Labute approximate surface area is 184 Å². The molecule has 0 radical (unpaired) electrons. The van der Waals surface area contributed by atoms with Gasteiger partial charge in [0.1, 0.15) is 11.4 Å². The summed E-state index contributed by atoms with van der Waals surface area (Å²) in [6.07, 6.45) is 3.05. The van der Waals surface area contributed by atoms with E-state index in [9.17, 15) is 14.0 Å². The van der Waals surface area contributed by atoms with Crippen LogP contribution in [0.1, 0.15) is 43.2 Å². The van der Waals surface area contributed by atoms with Crippen molar-refractivity contribution in [2.24, 2.45) is 0 Å². The van der Waals surface area contributed by atoms with Crippen LogP contribution >= 0.6 is 0 Å². The highest BCUT2D eigenvalue weighted by Crippen LogP contribution is 2.21. The molecule has 1 fully saturated rings. The Balaban J connectivity index is 1.42. The van der Waals surface area contributed by atoms with E-state index in [1.165, 1.54) is 29.2 Å². The van der Waals surface area contributed by atoms with Crippen LogP contribution in [-0.4, -0.2) is 61.4 Å². The first kappa shape index (κ1) is 21.7. The number of aromatic nitrogens is 4. The third-order valence-corrected chi connectivity index (χ3v) is 5.09. The number of halogens is 1. The van der Waals surface area contributed by atoms with Gasteiger partial charge in [-0.05, 0) is 46.2 Å². The molecular formula is C22H25FN6O3. The van der Waals surface area contributed by atoms with Gasteiger partial charge >= 0.3 is 6.09 Å². The van der Waals surface area contributed by atoms with E-state index in [4.69, 9.17) is 4.74 Å². The number of amides is 2. The summed E-state index contributed by atoms with van der Waals surface area (Å²) >= 11 is 0. The Bertz CT molecular complexity index is 1170. The summed E-state index contributed by atoms with van der Waals surface area (Å²) in [5.41, 5.74) is 0.986. The molecule has 3 heterocycles. The third-order valence-electron chi connectivity index (χ3n) is 5.09. The van der Waals surface area contributed by atoms with E-state index in [1.54, 1.807) is 11.0 Å². The zero-order valence-corrected chi connectivity index (χ0v) is 18.4. The molecule has 1 aromatic carbocycles. The van der Waals surface area contributed by atoms with Crippen molar-refractivity contribution in [3.63, 3.8) is 0 Å². The van der Waals surface area contributed by atoms with Crippen molar-refractivity contribution in [1.29, 1.82) is 0 Å². The number of likely N-dealkylation sites (tertiary alicyclic amines) is 1. The van der Waals surface area contributed by atoms with Gasteiger partial charge < -0.3 is 15.0 Å². The van der Waals surface area contributed by atoms with E-state index in [0.29, 0.717) is 25.0 Å². The van der Waals surface area contributed by atoms with Crippen molar-refractivity contribution in [2.45, 2.75) is 45.8 Å². The molecule has 1 saturated heterocycles. The second kappa shape index (κ2) is 8.18. The van der Waals surface area contributed by atoms with Crippen molar-refractivity contribution in [1.82, 2.24) is 30.0 Å². The van der Waals surface area contributed by atoms with Gasteiger partial charge in [-0.2, -0.15) is 9.78 Å². The minimum Gasteiger partial charge on any atom is -0.444 e. The summed E-state index contributed by atoms with van der Waals surface area (Å²) in [5.74, 6) is -0.478. The van der Waals surface area contributed by atoms with Crippen molar-refractivity contribution < 1.29 is 18.7 Å². The number of nitrogens with zero attached hydrogens (tertiary/aromatic N) is 5. The number of fused-ring (bicyclic) bond motifs is 1. The third kappa shape index (κ3) is 4.53. The number of ether oxygens (including phenoxy) is 1. The van der Waals surface area contributed by atoms with Crippen LogP contribution in [0.5, 0.6) is 0 Å². The van der Waals surface area contributed by atoms with E-state index in [2.05, 4.69) is 20.4 Å². The van der Waals surface area contributed by atoms with Gasteiger partial charge in [-0.3, -0.25) is 4.79 Å². The Morgan fingerprint density at radius 3 is 2.62 bits per heavy atom. The van der Waals surface area contributed by atoms with Crippen LogP contribution in [0.3, 0.4) is 0 Å². The first-order valence-corrected chi connectivity index (χ1v) is 10.4. The molecule has 1 aliphatic rings. The van der Waals surface area contributed by atoms with E-state index >= 15 is 0 Å². The molecule has 9 nitrogen and oxygen atoms in total. The van der Waals surface area contributed by atoms with Crippen LogP contribution in [0.25, 0.3) is 16.9 Å². The Kier molecular flexibility index (Phi) is 5.53. The van der Waals surface area contributed by atoms with E-state index in [-0.39, 0.29) is 35.4 Å². The molecule has 1 N–H and O–H groups in total. The first-order chi connectivity index (χ1) is 15.1. The van der Waals surface area contributed by atoms with Crippen LogP contribution in [0.4, 0.5) is 9.18 Å². The van der Waals surface area contributed by atoms with Gasteiger partial charge in [0, 0.05) is 43.0 Å². The highest BCUT2D eigenvalue weighted by molar-refractivity contribution is 5.94. The SMILES string of the molecule is Cc1nn(-c2ncc(C(=O)N[C@@H]3CCN(C(=O)OC(C)(C)C)C3)cn2)c2cc(F)ccc12. The van der Waals surface area contributed by atoms with E-state index < -0.39 is 5.60 Å². The smallest absolute Gasteiger partial charge is 0.410 e. The molecule has 168 valence electrons. The molecule has 2 aromatic heterocycles. The second-order valence-electron chi connectivity index (χ2n) is 8.82. The molecule has 0 unspecified atom stereocenters. The van der Waals surface area contributed by atoms with E-state index in [0.717, 1.165) is 11.1 Å². The summed E-state index contributed by atoms with van der Waals surface area (Å²) in [6, 6.07) is 4.22. The summed E-state index contributed by atoms with van der Waals surface area (Å²) in [6.45, 7) is 8.15. The van der Waals surface area contributed by atoms with Crippen LogP contribution in [0.2, 0.25) is 0 Å². The normalized spacial score (nSPS) is 16.4. The second-order valence-corrected chi connectivity index (χ2v) is 8.82. The molecule has 0 saturated carbocycles. The molecule has 2 amide bonds. The number of nitrogens with one attached hydrogen (secondary N) is 1. The fourth-order valence-corrected chi connectivity index (χ4v) is 3.58. The number of hydrogen-bond donors (Lipinski definition) is 1. The van der Waals surface area contributed by atoms with Crippen LogP contribution < -0.4 is 5.32 Å². The summed E-state index contributed by atoms with van der Waals surface area (Å²) in [5, 5.41) is 8.09. The number of carbonyl (C=O) groups excluding carboxylic acids is 2. The predicted molar refractivity (Wildman–Crippen MR) is 115 cm³/mol. The minimum atomic E-state index is -0.568.